The van der Waals surface area contributed by atoms with Gasteiger partial charge in [0.15, 0.2) is 6.61 Å². The lowest BCUT2D eigenvalue weighted by atomic mass is 10.2. The summed E-state index contributed by atoms with van der Waals surface area (Å²) in [4.78, 5) is 37.4. The predicted octanol–water partition coefficient (Wildman–Crippen LogP) is 2.85. The van der Waals surface area contributed by atoms with Crippen molar-refractivity contribution in [2.24, 2.45) is 0 Å². The first-order valence-corrected chi connectivity index (χ1v) is 8.57. The van der Waals surface area contributed by atoms with Gasteiger partial charge in [0.25, 0.3) is 5.91 Å². The third kappa shape index (κ3) is 7.79. The summed E-state index contributed by atoms with van der Waals surface area (Å²) in [5, 5.41) is 2.79. The molecule has 0 fully saturated rings. The second kappa shape index (κ2) is 11.6. The van der Waals surface area contributed by atoms with Crippen LogP contribution in [-0.2, 0) is 19.1 Å². The van der Waals surface area contributed by atoms with Crippen molar-refractivity contribution in [3.05, 3.63) is 54.1 Å². The SMILES string of the molecule is C/C=C/C=C/C(=O)OCC(=O)N(CCC)CC(=O)Nc1ccccc1C. The fourth-order valence-corrected chi connectivity index (χ4v) is 2.16. The zero-order valence-electron chi connectivity index (χ0n) is 15.5. The number of carbonyl (C=O) groups excluding carboxylic acids is 3. The number of amides is 2. The molecule has 1 N–H and O–H groups in total. The maximum absolute atomic E-state index is 12.3. The number of para-hydroxylation sites is 1. The van der Waals surface area contributed by atoms with E-state index in [9.17, 15) is 14.4 Å². The number of benzene rings is 1. The molecule has 26 heavy (non-hydrogen) atoms. The number of rotatable bonds is 9. The fraction of sp³-hybridized carbons (Fsp3) is 0.350. The summed E-state index contributed by atoms with van der Waals surface area (Å²) in [7, 11) is 0. The van der Waals surface area contributed by atoms with Crippen LogP contribution in [0.3, 0.4) is 0 Å². The Morgan fingerprint density at radius 3 is 2.58 bits per heavy atom. The van der Waals surface area contributed by atoms with E-state index in [4.69, 9.17) is 4.74 Å². The highest BCUT2D eigenvalue weighted by Crippen LogP contribution is 2.13. The van der Waals surface area contributed by atoms with Crippen molar-refractivity contribution in [1.29, 1.82) is 0 Å². The van der Waals surface area contributed by atoms with Gasteiger partial charge >= 0.3 is 5.97 Å². The van der Waals surface area contributed by atoms with Crippen molar-refractivity contribution in [2.75, 3.05) is 25.0 Å². The second-order valence-electron chi connectivity index (χ2n) is 5.67. The molecule has 0 bridgehead atoms. The number of nitrogens with zero attached hydrogens (tertiary/aromatic N) is 1. The molecule has 1 aromatic rings. The molecule has 1 rings (SSSR count). The number of aryl methyl sites for hydroxylation is 1. The number of ether oxygens (including phenoxy) is 1. The van der Waals surface area contributed by atoms with E-state index in [2.05, 4.69) is 5.32 Å². The van der Waals surface area contributed by atoms with Crippen LogP contribution in [0.15, 0.2) is 48.6 Å². The van der Waals surface area contributed by atoms with Crippen LogP contribution in [0.2, 0.25) is 0 Å². The Kier molecular flexibility index (Phi) is 9.46. The standard InChI is InChI=1S/C20H26N2O4/c1-4-6-7-12-20(25)26-15-19(24)22(13-5-2)14-18(23)21-17-11-9-8-10-16(17)3/h4,6-12H,5,13-15H2,1-3H3,(H,21,23)/b6-4+,12-7+. The maximum Gasteiger partial charge on any atom is 0.331 e. The lowest BCUT2D eigenvalue weighted by Crippen LogP contribution is -2.40. The molecule has 0 saturated carbocycles. The van der Waals surface area contributed by atoms with Crippen LogP contribution in [-0.4, -0.2) is 42.4 Å². The normalized spacial score (nSPS) is 10.9. The van der Waals surface area contributed by atoms with E-state index >= 15 is 0 Å². The average Bonchev–Trinajstić information content (AvgIpc) is 2.61. The number of hydrogen-bond acceptors (Lipinski definition) is 4. The second-order valence-corrected chi connectivity index (χ2v) is 5.67. The minimum atomic E-state index is -0.600. The topological polar surface area (TPSA) is 75.7 Å². The molecular formula is C20H26N2O4. The monoisotopic (exact) mass is 358 g/mol. The van der Waals surface area contributed by atoms with Gasteiger partial charge in [0, 0.05) is 18.3 Å². The van der Waals surface area contributed by atoms with E-state index in [1.807, 2.05) is 39.0 Å². The number of nitrogens with one attached hydrogen (secondary N) is 1. The van der Waals surface area contributed by atoms with Crippen molar-refractivity contribution < 1.29 is 19.1 Å². The molecule has 0 aliphatic rings. The van der Waals surface area contributed by atoms with Gasteiger partial charge in [-0.25, -0.2) is 4.79 Å². The Morgan fingerprint density at radius 2 is 1.92 bits per heavy atom. The number of anilines is 1. The molecule has 6 heteroatoms. The fourth-order valence-electron chi connectivity index (χ4n) is 2.16. The summed E-state index contributed by atoms with van der Waals surface area (Å²) in [5.41, 5.74) is 1.65. The highest BCUT2D eigenvalue weighted by Gasteiger charge is 2.18. The van der Waals surface area contributed by atoms with E-state index in [1.165, 1.54) is 17.1 Å². The highest BCUT2D eigenvalue weighted by atomic mass is 16.5. The van der Waals surface area contributed by atoms with E-state index in [0.29, 0.717) is 18.7 Å². The van der Waals surface area contributed by atoms with Crippen molar-refractivity contribution >= 4 is 23.5 Å². The van der Waals surface area contributed by atoms with Crippen LogP contribution in [0, 0.1) is 6.92 Å². The van der Waals surface area contributed by atoms with Gasteiger partial charge in [-0.05, 0) is 31.9 Å². The van der Waals surface area contributed by atoms with Gasteiger partial charge in [-0.1, -0.05) is 43.4 Å². The first kappa shape index (κ1) is 21.2. The lowest BCUT2D eigenvalue weighted by Gasteiger charge is -2.21. The molecule has 6 nitrogen and oxygen atoms in total. The molecule has 0 aliphatic carbocycles. The van der Waals surface area contributed by atoms with Gasteiger partial charge in [0.05, 0.1) is 6.54 Å². The van der Waals surface area contributed by atoms with Crippen LogP contribution in [0.25, 0.3) is 0 Å². The third-order valence-corrected chi connectivity index (χ3v) is 3.47. The molecular weight excluding hydrogens is 332 g/mol. The number of hydrogen-bond donors (Lipinski definition) is 1. The van der Waals surface area contributed by atoms with Crippen LogP contribution < -0.4 is 5.32 Å². The number of carbonyl (C=O) groups is 3. The van der Waals surface area contributed by atoms with Crippen LogP contribution in [0.4, 0.5) is 5.69 Å². The molecule has 0 aromatic heterocycles. The smallest absolute Gasteiger partial charge is 0.331 e. The molecule has 0 saturated heterocycles. The minimum Gasteiger partial charge on any atom is -0.452 e. The molecule has 2 amide bonds. The maximum atomic E-state index is 12.3. The van der Waals surface area contributed by atoms with E-state index in [0.717, 1.165) is 5.56 Å². The van der Waals surface area contributed by atoms with Gasteiger partial charge in [-0.3, -0.25) is 9.59 Å². The summed E-state index contributed by atoms with van der Waals surface area (Å²) in [6, 6.07) is 7.42. The predicted molar refractivity (Wildman–Crippen MR) is 102 cm³/mol. The largest absolute Gasteiger partial charge is 0.452 e. The Morgan fingerprint density at radius 1 is 1.19 bits per heavy atom. The molecule has 0 atom stereocenters. The molecule has 1 aromatic carbocycles. The molecule has 0 radical (unpaired) electrons. The lowest BCUT2D eigenvalue weighted by molar-refractivity contribution is -0.148. The van der Waals surface area contributed by atoms with Crippen molar-refractivity contribution in [2.45, 2.75) is 27.2 Å². The van der Waals surface area contributed by atoms with Gasteiger partial charge in [-0.2, -0.15) is 0 Å². The van der Waals surface area contributed by atoms with Gasteiger partial charge in [0.2, 0.25) is 5.91 Å². The average molecular weight is 358 g/mol. The van der Waals surface area contributed by atoms with Crippen LogP contribution in [0.1, 0.15) is 25.8 Å². The van der Waals surface area contributed by atoms with Crippen molar-refractivity contribution in [3.63, 3.8) is 0 Å². The van der Waals surface area contributed by atoms with Crippen LogP contribution in [0.5, 0.6) is 0 Å². The van der Waals surface area contributed by atoms with E-state index in [1.54, 1.807) is 18.2 Å². The summed E-state index contributed by atoms with van der Waals surface area (Å²) in [6.07, 6.45) is 6.92. The van der Waals surface area contributed by atoms with Crippen molar-refractivity contribution in [1.82, 2.24) is 4.90 Å². The third-order valence-electron chi connectivity index (χ3n) is 3.47. The first-order valence-electron chi connectivity index (χ1n) is 8.57. The first-order chi connectivity index (χ1) is 12.5. The van der Waals surface area contributed by atoms with Gasteiger partial charge in [0.1, 0.15) is 0 Å². The molecule has 140 valence electrons. The zero-order chi connectivity index (χ0) is 19.4. The molecule has 0 spiro atoms. The Balaban J connectivity index is 2.58. The van der Waals surface area contributed by atoms with Gasteiger partial charge < -0.3 is 15.0 Å². The summed E-state index contributed by atoms with van der Waals surface area (Å²) >= 11 is 0. The summed E-state index contributed by atoms with van der Waals surface area (Å²) in [5.74, 6) is -1.29. The van der Waals surface area contributed by atoms with Crippen molar-refractivity contribution in [3.8, 4) is 0 Å². The quantitative estimate of drug-likeness (QED) is 0.418. The molecule has 0 unspecified atom stereocenters. The molecule has 0 aliphatic heterocycles. The van der Waals surface area contributed by atoms with Crippen LogP contribution >= 0.6 is 0 Å². The van der Waals surface area contributed by atoms with E-state index < -0.39 is 18.5 Å². The zero-order valence-corrected chi connectivity index (χ0v) is 15.5. The summed E-state index contributed by atoms with van der Waals surface area (Å²) < 4.78 is 4.91. The Bertz CT molecular complexity index is 680. The van der Waals surface area contributed by atoms with Gasteiger partial charge in [-0.15, -0.1) is 0 Å². The molecule has 0 heterocycles. The Hall–Kier alpha value is -2.89. The minimum absolute atomic E-state index is 0.0903. The van der Waals surface area contributed by atoms with E-state index in [-0.39, 0.29) is 12.5 Å². The number of esters is 1. The number of allylic oxidation sites excluding steroid dienone is 3. The highest BCUT2D eigenvalue weighted by molar-refractivity contribution is 5.95. The summed E-state index contributed by atoms with van der Waals surface area (Å²) in [6.45, 7) is 5.55. The Labute approximate surface area is 154 Å².